The number of tetrazole rings is 1. The summed E-state index contributed by atoms with van der Waals surface area (Å²) in [5.74, 6) is -0.638. The number of thioether (sulfide) groups is 1. The lowest BCUT2D eigenvalue weighted by Gasteiger charge is -2.11. The van der Waals surface area contributed by atoms with E-state index in [9.17, 15) is 4.79 Å². The van der Waals surface area contributed by atoms with Crippen molar-refractivity contribution in [3.63, 3.8) is 0 Å². The number of rotatable bonds is 7. The van der Waals surface area contributed by atoms with Gasteiger partial charge in [-0.25, -0.2) is 9.48 Å². The van der Waals surface area contributed by atoms with Gasteiger partial charge in [0, 0.05) is 12.4 Å². The van der Waals surface area contributed by atoms with Gasteiger partial charge in [0.1, 0.15) is 0 Å². The average Bonchev–Trinajstić information content (AvgIpc) is 3.04. The smallest absolute Gasteiger partial charge is 0.333 e. The molecule has 1 saturated carbocycles. The molecule has 7 nitrogen and oxygen atoms in total. The molecule has 1 fully saturated rings. The first-order valence-corrected chi connectivity index (χ1v) is 6.46. The second kappa shape index (κ2) is 5.46. The predicted molar refractivity (Wildman–Crippen MR) is 59.9 cm³/mol. The van der Waals surface area contributed by atoms with Gasteiger partial charge in [0.05, 0.1) is 6.04 Å². The van der Waals surface area contributed by atoms with Gasteiger partial charge in [-0.1, -0.05) is 11.8 Å². The van der Waals surface area contributed by atoms with Gasteiger partial charge in [-0.05, 0) is 30.2 Å². The summed E-state index contributed by atoms with van der Waals surface area (Å²) in [6.07, 6.45) is 1.37. The van der Waals surface area contributed by atoms with E-state index in [4.69, 9.17) is 9.84 Å². The van der Waals surface area contributed by atoms with Crippen LogP contribution in [0.4, 0.5) is 0 Å². The first-order valence-electron chi connectivity index (χ1n) is 5.47. The van der Waals surface area contributed by atoms with Crippen LogP contribution < -0.4 is 0 Å². The minimum Gasteiger partial charge on any atom is -0.479 e. The summed E-state index contributed by atoms with van der Waals surface area (Å²) in [5, 5.41) is 21.0. The summed E-state index contributed by atoms with van der Waals surface area (Å²) >= 11 is 1.32. The Hall–Kier alpha value is -1.15. The fourth-order valence-electron chi connectivity index (χ4n) is 1.37. The van der Waals surface area contributed by atoms with E-state index in [2.05, 4.69) is 15.5 Å². The molecule has 1 atom stereocenters. The van der Waals surface area contributed by atoms with Gasteiger partial charge in [-0.2, -0.15) is 0 Å². The topological polar surface area (TPSA) is 90.1 Å². The number of nitrogens with zero attached hydrogens (tertiary/aromatic N) is 4. The van der Waals surface area contributed by atoms with Crippen molar-refractivity contribution in [2.75, 3.05) is 12.4 Å². The molecule has 1 aromatic rings. The van der Waals surface area contributed by atoms with Gasteiger partial charge in [-0.15, -0.1) is 5.10 Å². The summed E-state index contributed by atoms with van der Waals surface area (Å²) in [7, 11) is 0. The Labute approximate surface area is 103 Å². The van der Waals surface area contributed by atoms with Crippen LogP contribution in [-0.2, 0) is 9.53 Å². The quantitative estimate of drug-likeness (QED) is 0.716. The van der Waals surface area contributed by atoms with Crippen LogP contribution in [0.1, 0.15) is 25.8 Å². The first-order chi connectivity index (χ1) is 8.22. The lowest BCUT2D eigenvalue weighted by atomic mass is 10.4. The maximum atomic E-state index is 10.9. The second-order valence-corrected chi connectivity index (χ2v) is 4.72. The minimum absolute atomic E-state index is 0.316. The molecule has 1 aromatic heterocycles. The Morgan fingerprint density at radius 1 is 1.71 bits per heavy atom. The number of ether oxygens (including phenoxy) is 1. The Morgan fingerprint density at radius 3 is 3.06 bits per heavy atom. The molecule has 0 saturated heterocycles. The molecule has 2 rings (SSSR count). The SMILES string of the molecule is CCOC(CSc1nnnn1C1CC1)C(=O)O. The number of carboxylic acids is 1. The molecule has 0 bridgehead atoms. The Bertz CT molecular complexity index is 393. The molecular formula is C9H14N4O3S. The molecule has 94 valence electrons. The van der Waals surface area contributed by atoms with Gasteiger partial charge in [0.2, 0.25) is 5.16 Å². The van der Waals surface area contributed by atoms with Crippen LogP contribution in [0.3, 0.4) is 0 Å². The summed E-state index contributed by atoms with van der Waals surface area (Å²) in [4.78, 5) is 10.9. The lowest BCUT2D eigenvalue weighted by molar-refractivity contribution is -0.148. The van der Waals surface area contributed by atoms with Crippen molar-refractivity contribution in [2.45, 2.75) is 37.1 Å². The number of hydrogen-bond donors (Lipinski definition) is 1. The molecule has 1 N–H and O–H groups in total. The zero-order valence-electron chi connectivity index (χ0n) is 9.44. The number of aromatic nitrogens is 4. The van der Waals surface area contributed by atoms with E-state index in [1.54, 1.807) is 11.6 Å². The van der Waals surface area contributed by atoms with Crippen LogP contribution in [0.5, 0.6) is 0 Å². The number of aliphatic carboxylic acids is 1. The molecule has 8 heteroatoms. The van der Waals surface area contributed by atoms with Crippen molar-refractivity contribution >= 4 is 17.7 Å². The Balaban J connectivity index is 1.91. The van der Waals surface area contributed by atoms with Crippen LogP contribution >= 0.6 is 11.8 Å². The average molecular weight is 258 g/mol. The molecule has 17 heavy (non-hydrogen) atoms. The van der Waals surface area contributed by atoms with Crippen molar-refractivity contribution in [3.05, 3.63) is 0 Å². The van der Waals surface area contributed by atoms with Crippen molar-refractivity contribution in [1.29, 1.82) is 0 Å². The van der Waals surface area contributed by atoms with E-state index in [0.29, 0.717) is 23.6 Å². The Kier molecular flexibility index (Phi) is 3.95. The Morgan fingerprint density at radius 2 is 2.47 bits per heavy atom. The van der Waals surface area contributed by atoms with Crippen LogP contribution in [0.15, 0.2) is 5.16 Å². The first kappa shape index (κ1) is 12.3. The predicted octanol–water partition coefficient (Wildman–Crippen LogP) is 0.590. The van der Waals surface area contributed by atoms with Crippen LogP contribution in [0.2, 0.25) is 0 Å². The second-order valence-electron chi connectivity index (χ2n) is 3.73. The highest BCUT2D eigenvalue weighted by Gasteiger charge is 2.28. The fraction of sp³-hybridized carbons (Fsp3) is 0.778. The summed E-state index contributed by atoms with van der Waals surface area (Å²) < 4.78 is 6.88. The van der Waals surface area contributed by atoms with Crippen LogP contribution in [0.25, 0.3) is 0 Å². The monoisotopic (exact) mass is 258 g/mol. The summed E-state index contributed by atoms with van der Waals surface area (Å²) in [5.41, 5.74) is 0. The normalized spacial score (nSPS) is 17.0. The molecule has 0 aromatic carbocycles. The van der Waals surface area contributed by atoms with Gasteiger partial charge in [-0.3, -0.25) is 0 Å². The number of carboxylic acid groups (broad SMARTS) is 1. The zero-order chi connectivity index (χ0) is 12.3. The third kappa shape index (κ3) is 3.16. The third-order valence-electron chi connectivity index (χ3n) is 2.36. The summed E-state index contributed by atoms with van der Waals surface area (Å²) in [6.45, 7) is 2.15. The maximum absolute atomic E-state index is 10.9. The van der Waals surface area contributed by atoms with Gasteiger partial charge >= 0.3 is 5.97 Å². The van der Waals surface area contributed by atoms with Crippen LogP contribution in [-0.4, -0.2) is 49.7 Å². The van der Waals surface area contributed by atoms with Crippen LogP contribution in [0, 0.1) is 0 Å². The number of carbonyl (C=O) groups is 1. The van der Waals surface area contributed by atoms with E-state index in [-0.39, 0.29) is 0 Å². The molecule has 1 unspecified atom stereocenters. The van der Waals surface area contributed by atoms with Crippen molar-refractivity contribution < 1.29 is 14.6 Å². The molecular weight excluding hydrogens is 244 g/mol. The van der Waals surface area contributed by atoms with Crippen molar-refractivity contribution in [1.82, 2.24) is 20.2 Å². The molecule has 1 aliphatic rings. The fourth-order valence-corrected chi connectivity index (χ4v) is 2.32. The van der Waals surface area contributed by atoms with E-state index in [0.717, 1.165) is 12.8 Å². The van der Waals surface area contributed by atoms with E-state index < -0.39 is 12.1 Å². The molecule has 0 amide bonds. The largest absolute Gasteiger partial charge is 0.479 e. The lowest BCUT2D eigenvalue weighted by Crippen LogP contribution is -2.26. The highest BCUT2D eigenvalue weighted by molar-refractivity contribution is 7.99. The van der Waals surface area contributed by atoms with Gasteiger partial charge in [0.15, 0.2) is 6.10 Å². The van der Waals surface area contributed by atoms with E-state index >= 15 is 0 Å². The zero-order valence-corrected chi connectivity index (χ0v) is 10.3. The standard InChI is InChI=1S/C9H14N4O3S/c1-2-16-7(8(14)15)5-17-9-10-11-12-13(9)6-3-4-6/h6-7H,2-5H2,1H3,(H,14,15). The summed E-state index contributed by atoms with van der Waals surface area (Å²) in [6, 6.07) is 0.392. The van der Waals surface area contributed by atoms with E-state index in [1.165, 1.54) is 11.8 Å². The molecule has 1 aliphatic carbocycles. The third-order valence-corrected chi connectivity index (χ3v) is 3.36. The van der Waals surface area contributed by atoms with Crippen molar-refractivity contribution in [2.24, 2.45) is 0 Å². The van der Waals surface area contributed by atoms with Gasteiger partial charge < -0.3 is 9.84 Å². The van der Waals surface area contributed by atoms with Gasteiger partial charge in [0.25, 0.3) is 0 Å². The minimum atomic E-state index is -0.954. The molecule has 0 radical (unpaired) electrons. The number of hydrogen-bond acceptors (Lipinski definition) is 6. The maximum Gasteiger partial charge on any atom is 0.333 e. The molecule has 0 aliphatic heterocycles. The highest BCUT2D eigenvalue weighted by Crippen LogP contribution is 2.36. The molecule has 0 spiro atoms. The van der Waals surface area contributed by atoms with Crippen molar-refractivity contribution in [3.8, 4) is 0 Å². The molecule has 1 heterocycles. The van der Waals surface area contributed by atoms with E-state index in [1.807, 2.05) is 0 Å². The highest BCUT2D eigenvalue weighted by atomic mass is 32.2.